The van der Waals surface area contributed by atoms with E-state index in [1.54, 1.807) is 36.2 Å². The summed E-state index contributed by atoms with van der Waals surface area (Å²) < 4.78 is 36.6. The van der Waals surface area contributed by atoms with E-state index in [0.29, 0.717) is 6.54 Å². The van der Waals surface area contributed by atoms with Crippen LogP contribution in [0.2, 0.25) is 0 Å². The van der Waals surface area contributed by atoms with Crippen molar-refractivity contribution < 1.29 is 27.7 Å². The van der Waals surface area contributed by atoms with Crippen LogP contribution in [-0.2, 0) is 10.0 Å². The number of likely N-dealkylation sites (tertiary alicyclic amines) is 1. The summed E-state index contributed by atoms with van der Waals surface area (Å²) in [6, 6.07) is 26.7. The number of hydrogen-bond donors (Lipinski definition) is 2. The van der Waals surface area contributed by atoms with Crippen molar-refractivity contribution in [3.8, 4) is 11.5 Å². The van der Waals surface area contributed by atoms with Crippen LogP contribution in [-0.4, -0.2) is 99.8 Å². The minimum absolute atomic E-state index is 0.0113. The number of carbonyl (C=O) groups excluding carboxylic acids is 1. The van der Waals surface area contributed by atoms with Crippen molar-refractivity contribution in [1.29, 1.82) is 0 Å². The molecule has 332 valence electrons. The number of methoxy groups -OCH3 is 1. The number of amides is 1. The van der Waals surface area contributed by atoms with Gasteiger partial charge in [-0.2, -0.15) is 4.73 Å². The van der Waals surface area contributed by atoms with Gasteiger partial charge < -0.3 is 24.7 Å². The third kappa shape index (κ3) is 10.3. The highest BCUT2D eigenvalue weighted by Gasteiger charge is 2.31. The number of sulfonamides is 1. The fraction of sp³-hybridized carbons (Fsp3) is 0.396. The van der Waals surface area contributed by atoms with Crippen LogP contribution >= 0.6 is 0 Å². The minimum Gasteiger partial charge on any atom is -0.497 e. The van der Waals surface area contributed by atoms with E-state index in [4.69, 9.17) is 9.57 Å². The number of rotatable bonds is 16. The first kappa shape index (κ1) is 43.7. The van der Waals surface area contributed by atoms with Crippen LogP contribution in [0.3, 0.4) is 0 Å². The van der Waals surface area contributed by atoms with Gasteiger partial charge in [0.2, 0.25) is 0 Å². The van der Waals surface area contributed by atoms with E-state index in [0.717, 1.165) is 106 Å². The smallest absolute Gasteiger partial charge is 0.293 e. The van der Waals surface area contributed by atoms with E-state index in [2.05, 4.69) is 50.7 Å². The minimum atomic E-state index is -4.54. The van der Waals surface area contributed by atoms with Gasteiger partial charge in [-0.3, -0.25) is 19.8 Å². The van der Waals surface area contributed by atoms with Crippen molar-refractivity contribution >= 4 is 49.5 Å². The molecular formula is C48H57N7O7S. The largest absolute Gasteiger partial charge is 0.497 e. The molecule has 63 heavy (non-hydrogen) atoms. The molecule has 5 aromatic rings. The number of allylic oxidation sites excluding steroid dienone is 1. The van der Waals surface area contributed by atoms with Crippen LogP contribution < -0.4 is 24.5 Å². The standard InChI is InChI=1S/C48H57N7O7S/c1-48(2)21-19-37(42(33-48)35-11-14-39(61-3)15-12-35)34-52-27-29-53(30-28-52)38-13-17-41(46(31-38)62-54-26-20-36-9-4-5-10-44(36)54)47(56)50-63(59,60)40-16-18-43(45(32-40)55(57)58)49-22-8-25-51-23-6-7-24-51/h4-5,9-18,20,26,31-32,49H,6-8,19,21-25,27-30,33-34H2,1-3H3,(H,50,56). The molecule has 0 atom stereocenters. The van der Waals surface area contributed by atoms with Gasteiger partial charge in [0, 0.05) is 68.7 Å². The molecule has 0 spiro atoms. The molecular weight excluding hydrogens is 819 g/mol. The summed E-state index contributed by atoms with van der Waals surface area (Å²) in [5.41, 5.74) is 5.80. The molecule has 8 rings (SSSR count). The van der Waals surface area contributed by atoms with E-state index < -0.39 is 31.4 Å². The Balaban J connectivity index is 0.990. The number of piperazine rings is 1. The zero-order chi connectivity index (χ0) is 44.1. The van der Waals surface area contributed by atoms with Crippen molar-refractivity contribution in [2.75, 3.05) is 76.2 Å². The Morgan fingerprint density at radius 1 is 0.889 bits per heavy atom. The summed E-state index contributed by atoms with van der Waals surface area (Å²) in [7, 11) is -2.85. The first-order chi connectivity index (χ1) is 30.4. The molecule has 3 aliphatic rings. The van der Waals surface area contributed by atoms with E-state index in [-0.39, 0.29) is 22.4 Å². The average molecular weight is 876 g/mol. The van der Waals surface area contributed by atoms with Gasteiger partial charge in [0.05, 0.1) is 28.0 Å². The van der Waals surface area contributed by atoms with Crippen LogP contribution in [0.25, 0.3) is 16.5 Å². The summed E-state index contributed by atoms with van der Waals surface area (Å²) >= 11 is 0. The number of aromatic nitrogens is 1. The predicted octanol–water partition coefficient (Wildman–Crippen LogP) is 8.20. The normalized spacial score (nSPS) is 17.2. The zero-order valence-electron chi connectivity index (χ0n) is 36.3. The molecule has 0 bridgehead atoms. The molecule has 2 aliphatic heterocycles. The highest BCUT2D eigenvalue weighted by Crippen LogP contribution is 2.43. The van der Waals surface area contributed by atoms with Gasteiger partial charge in [-0.25, -0.2) is 13.1 Å². The van der Waals surface area contributed by atoms with E-state index in [1.165, 1.54) is 41.7 Å². The molecule has 15 heteroatoms. The number of carbonyl (C=O) groups is 1. The lowest BCUT2D eigenvalue weighted by atomic mass is 9.72. The molecule has 2 N–H and O–H groups in total. The lowest BCUT2D eigenvalue weighted by Gasteiger charge is -2.39. The molecule has 0 unspecified atom stereocenters. The van der Waals surface area contributed by atoms with Gasteiger partial charge in [0.1, 0.15) is 11.4 Å². The monoisotopic (exact) mass is 875 g/mol. The maximum absolute atomic E-state index is 14.0. The van der Waals surface area contributed by atoms with Crippen LogP contribution in [0, 0.1) is 15.5 Å². The highest BCUT2D eigenvalue weighted by atomic mass is 32.2. The fourth-order valence-electron chi connectivity index (χ4n) is 9.00. The number of nitro groups is 1. The maximum Gasteiger partial charge on any atom is 0.293 e. The van der Waals surface area contributed by atoms with Gasteiger partial charge in [0.15, 0.2) is 5.75 Å². The SMILES string of the molecule is COc1ccc(C2=C(CN3CCN(c4ccc(C(=O)NS(=O)(=O)c5ccc(NCCCN6CCCC6)c([N+](=O)[O-])c5)c(On5ccc6ccccc65)c4)CC3)CCC(C)(C)C2)cc1. The second-order valence-corrected chi connectivity index (χ2v) is 19.3. The third-order valence-electron chi connectivity index (χ3n) is 12.6. The zero-order valence-corrected chi connectivity index (χ0v) is 37.2. The lowest BCUT2D eigenvalue weighted by Crippen LogP contribution is -2.47. The molecule has 0 radical (unpaired) electrons. The second kappa shape index (κ2) is 18.8. The topological polar surface area (TPSA) is 152 Å². The first-order valence-corrected chi connectivity index (χ1v) is 23.4. The summed E-state index contributed by atoms with van der Waals surface area (Å²) in [5.74, 6) is 0.0746. The number of nitrogens with one attached hydrogen (secondary N) is 2. The molecule has 0 saturated carbocycles. The summed E-state index contributed by atoms with van der Waals surface area (Å²) in [6.07, 6.45) is 8.12. The van der Waals surface area contributed by atoms with Gasteiger partial charge in [0.25, 0.3) is 21.6 Å². The van der Waals surface area contributed by atoms with Crippen LogP contribution in [0.4, 0.5) is 17.1 Å². The number of nitro benzene ring substituents is 1. The molecule has 2 saturated heterocycles. The molecule has 1 aliphatic carbocycles. The number of anilines is 2. The third-order valence-corrected chi connectivity index (χ3v) is 13.9. The van der Waals surface area contributed by atoms with Crippen LogP contribution in [0.15, 0.2) is 108 Å². The predicted molar refractivity (Wildman–Crippen MR) is 247 cm³/mol. The van der Waals surface area contributed by atoms with Gasteiger partial charge >= 0.3 is 0 Å². The van der Waals surface area contributed by atoms with Crippen molar-refractivity contribution in [1.82, 2.24) is 19.3 Å². The molecule has 1 aromatic heterocycles. The van der Waals surface area contributed by atoms with Crippen LogP contribution in [0.1, 0.15) is 68.3 Å². The van der Waals surface area contributed by atoms with Gasteiger partial charge in [-0.1, -0.05) is 49.8 Å². The fourth-order valence-corrected chi connectivity index (χ4v) is 9.99. The van der Waals surface area contributed by atoms with Crippen LogP contribution in [0.5, 0.6) is 11.5 Å². The number of nitrogens with zero attached hydrogens (tertiary/aromatic N) is 5. The Labute approximate surface area is 369 Å². The first-order valence-electron chi connectivity index (χ1n) is 21.9. The van der Waals surface area contributed by atoms with E-state index in [1.807, 2.05) is 42.5 Å². The quantitative estimate of drug-likeness (QED) is 0.0561. The van der Waals surface area contributed by atoms with Crippen molar-refractivity contribution in [2.45, 2.75) is 57.3 Å². The Hall–Kier alpha value is -5.90. The summed E-state index contributed by atoms with van der Waals surface area (Å²) in [6.45, 7) is 12.2. The molecule has 1 amide bonds. The second-order valence-electron chi connectivity index (χ2n) is 17.6. The molecule has 3 heterocycles. The molecule has 14 nitrogen and oxygen atoms in total. The summed E-state index contributed by atoms with van der Waals surface area (Å²) in [4.78, 5) is 38.6. The maximum atomic E-state index is 14.0. The Bertz CT molecular complexity index is 2590. The number of para-hydroxylation sites is 1. The summed E-state index contributed by atoms with van der Waals surface area (Å²) in [5, 5.41) is 16.1. The number of benzene rings is 4. The highest BCUT2D eigenvalue weighted by molar-refractivity contribution is 7.90. The Morgan fingerprint density at radius 2 is 1.65 bits per heavy atom. The Kier molecular flexibility index (Phi) is 13.1. The van der Waals surface area contributed by atoms with Crippen molar-refractivity contribution in [3.63, 3.8) is 0 Å². The molecule has 4 aromatic carbocycles. The number of hydrogen-bond acceptors (Lipinski definition) is 11. The molecule has 2 fully saturated rings. The van der Waals surface area contributed by atoms with E-state index >= 15 is 0 Å². The number of ether oxygens (including phenoxy) is 1. The van der Waals surface area contributed by atoms with Crippen molar-refractivity contribution in [2.24, 2.45) is 5.41 Å². The number of fused-ring (bicyclic) bond motifs is 1. The van der Waals surface area contributed by atoms with Gasteiger partial charge in [-0.15, -0.1) is 0 Å². The van der Waals surface area contributed by atoms with Crippen molar-refractivity contribution in [3.05, 3.63) is 124 Å². The lowest BCUT2D eigenvalue weighted by molar-refractivity contribution is -0.384. The van der Waals surface area contributed by atoms with Gasteiger partial charge in [-0.05, 0) is 123 Å². The van der Waals surface area contributed by atoms with E-state index in [9.17, 15) is 23.3 Å². The Morgan fingerprint density at radius 3 is 2.40 bits per heavy atom. The average Bonchev–Trinajstić information content (AvgIpc) is 3.96.